The highest BCUT2D eigenvalue weighted by atomic mass is 79.9. The Bertz CT molecular complexity index is 582. The number of halogens is 1. The molecule has 0 fully saturated rings. The van der Waals surface area contributed by atoms with E-state index in [1.807, 2.05) is 0 Å². The van der Waals surface area contributed by atoms with Crippen LogP contribution in [0.3, 0.4) is 0 Å². The number of aliphatic hydroxyl groups excluding tert-OH is 1. The molecule has 0 radical (unpaired) electrons. The number of nitrogens with one attached hydrogen (secondary N) is 2. The van der Waals surface area contributed by atoms with Crippen LogP contribution in [0.5, 0.6) is 0 Å². The van der Waals surface area contributed by atoms with Gasteiger partial charge < -0.3 is 10.4 Å². The van der Waals surface area contributed by atoms with Gasteiger partial charge in [-0.3, -0.25) is 9.89 Å². The van der Waals surface area contributed by atoms with Gasteiger partial charge in [-0.1, -0.05) is 0 Å². The predicted octanol–water partition coefficient (Wildman–Crippen LogP) is -0.229. The van der Waals surface area contributed by atoms with Crippen LogP contribution in [0.1, 0.15) is 5.82 Å². The maximum absolute atomic E-state index is 11.8. The first-order valence-electron chi connectivity index (χ1n) is 5.67. The Hall–Kier alpha value is -1.74. The Kier molecular flexibility index (Phi) is 4.63. The zero-order valence-corrected chi connectivity index (χ0v) is 11.6. The van der Waals surface area contributed by atoms with E-state index in [2.05, 4.69) is 41.5 Å². The smallest absolute Gasteiger partial charge is 0.283 e. The van der Waals surface area contributed by atoms with Crippen molar-refractivity contribution in [2.45, 2.75) is 13.0 Å². The quantitative estimate of drug-likeness (QED) is 0.676. The van der Waals surface area contributed by atoms with E-state index in [9.17, 15) is 4.79 Å². The molecule has 2 aromatic heterocycles. The Morgan fingerprint density at radius 2 is 2.37 bits per heavy atom. The summed E-state index contributed by atoms with van der Waals surface area (Å²) in [5.41, 5.74) is 0.331. The molecule has 0 aliphatic heterocycles. The first kappa shape index (κ1) is 13.7. The fraction of sp³-hybridized carbons (Fsp3) is 0.400. The van der Waals surface area contributed by atoms with Gasteiger partial charge in [0.05, 0.1) is 25.0 Å². The average molecular weight is 329 g/mol. The van der Waals surface area contributed by atoms with Gasteiger partial charge in [-0.25, -0.2) is 9.67 Å². The van der Waals surface area contributed by atoms with E-state index in [1.165, 1.54) is 11.0 Å². The average Bonchev–Trinajstić information content (AvgIpc) is 2.91. The summed E-state index contributed by atoms with van der Waals surface area (Å²) in [6.07, 6.45) is 3.65. The van der Waals surface area contributed by atoms with Gasteiger partial charge >= 0.3 is 0 Å². The van der Waals surface area contributed by atoms with Gasteiger partial charge in [0, 0.05) is 13.0 Å². The Morgan fingerprint density at radius 3 is 3.05 bits per heavy atom. The Labute approximate surface area is 117 Å². The summed E-state index contributed by atoms with van der Waals surface area (Å²) in [4.78, 5) is 15.8. The second kappa shape index (κ2) is 6.43. The van der Waals surface area contributed by atoms with Crippen LogP contribution in [0.2, 0.25) is 0 Å². The molecule has 19 heavy (non-hydrogen) atoms. The van der Waals surface area contributed by atoms with Crippen molar-refractivity contribution in [2.75, 3.05) is 18.5 Å². The van der Waals surface area contributed by atoms with Crippen molar-refractivity contribution in [1.82, 2.24) is 25.0 Å². The molecular formula is C10H13BrN6O2. The molecule has 0 unspecified atom stereocenters. The van der Waals surface area contributed by atoms with Crippen molar-refractivity contribution in [3.63, 3.8) is 0 Å². The van der Waals surface area contributed by atoms with E-state index in [0.29, 0.717) is 23.1 Å². The Balaban J connectivity index is 2.01. The van der Waals surface area contributed by atoms with Crippen LogP contribution >= 0.6 is 15.9 Å². The first-order valence-corrected chi connectivity index (χ1v) is 6.46. The van der Waals surface area contributed by atoms with E-state index in [1.54, 1.807) is 6.20 Å². The van der Waals surface area contributed by atoms with Crippen molar-refractivity contribution in [1.29, 1.82) is 0 Å². The number of aliphatic hydroxyl groups is 1. The highest BCUT2D eigenvalue weighted by molar-refractivity contribution is 9.10. The summed E-state index contributed by atoms with van der Waals surface area (Å²) in [7, 11) is 0. The minimum absolute atomic E-state index is 0.127. The molecule has 2 heterocycles. The molecule has 0 bridgehead atoms. The molecule has 0 spiro atoms. The van der Waals surface area contributed by atoms with Crippen LogP contribution in [0.25, 0.3) is 0 Å². The van der Waals surface area contributed by atoms with Crippen LogP contribution in [0.15, 0.2) is 21.8 Å². The van der Waals surface area contributed by atoms with Crippen molar-refractivity contribution in [2.24, 2.45) is 0 Å². The van der Waals surface area contributed by atoms with Crippen LogP contribution in [-0.4, -0.2) is 43.2 Å². The lowest BCUT2D eigenvalue weighted by Crippen LogP contribution is -2.26. The first-order chi connectivity index (χ1) is 9.22. The lowest BCUT2D eigenvalue weighted by atomic mass is 10.4. The van der Waals surface area contributed by atoms with E-state index < -0.39 is 0 Å². The number of H-pyrrole nitrogens is 1. The Morgan fingerprint density at radius 1 is 1.53 bits per heavy atom. The normalized spacial score (nSPS) is 10.6. The maximum Gasteiger partial charge on any atom is 0.283 e. The van der Waals surface area contributed by atoms with Crippen LogP contribution in [0, 0.1) is 0 Å². The molecule has 2 aromatic rings. The highest BCUT2D eigenvalue weighted by Gasteiger charge is 2.08. The molecule has 8 nitrogen and oxygen atoms in total. The van der Waals surface area contributed by atoms with Gasteiger partial charge in [-0.2, -0.15) is 10.2 Å². The SMILES string of the molecule is O=c1c(Br)c(NCCc2ncn[nH]2)cnn1CCO. The van der Waals surface area contributed by atoms with Crippen molar-refractivity contribution < 1.29 is 5.11 Å². The highest BCUT2D eigenvalue weighted by Crippen LogP contribution is 2.15. The summed E-state index contributed by atoms with van der Waals surface area (Å²) in [5, 5.41) is 22.4. The standard InChI is InChI=1S/C10H13BrN6O2/c11-9-7(5-15-17(3-4-18)10(9)19)12-2-1-8-13-6-14-16-8/h5-6,12,18H,1-4H2,(H,13,14,16). The number of hydrogen-bond acceptors (Lipinski definition) is 6. The molecule has 2 rings (SSSR count). The van der Waals surface area contributed by atoms with Crippen molar-refractivity contribution in [3.05, 3.63) is 33.2 Å². The topological polar surface area (TPSA) is 109 Å². The summed E-state index contributed by atoms with van der Waals surface area (Å²) >= 11 is 3.23. The number of nitrogens with zero attached hydrogens (tertiary/aromatic N) is 4. The number of rotatable bonds is 6. The molecule has 0 aromatic carbocycles. The van der Waals surface area contributed by atoms with Gasteiger partial charge in [0.15, 0.2) is 0 Å². The summed E-state index contributed by atoms with van der Waals surface area (Å²) in [6, 6.07) is 0. The molecule has 0 saturated heterocycles. The monoisotopic (exact) mass is 328 g/mol. The molecule has 0 atom stereocenters. The molecule has 0 saturated carbocycles. The van der Waals surface area contributed by atoms with Gasteiger partial charge in [0.2, 0.25) is 0 Å². The fourth-order valence-corrected chi connectivity index (χ4v) is 1.96. The molecule has 9 heteroatoms. The van der Waals surface area contributed by atoms with Gasteiger partial charge in [0.1, 0.15) is 16.6 Å². The van der Waals surface area contributed by atoms with Gasteiger partial charge in [0.25, 0.3) is 5.56 Å². The van der Waals surface area contributed by atoms with E-state index in [-0.39, 0.29) is 18.7 Å². The molecule has 0 aliphatic carbocycles. The van der Waals surface area contributed by atoms with Crippen molar-refractivity contribution >= 4 is 21.6 Å². The van der Waals surface area contributed by atoms with E-state index in [4.69, 9.17) is 5.11 Å². The third-order valence-corrected chi connectivity index (χ3v) is 3.21. The molecule has 3 N–H and O–H groups in total. The number of hydrogen-bond donors (Lipinski definition) is 3. The van der Waals surface area contributed by atoms with Crippen LogP contribution in [0.4, 0.5) is 5.69 Å². The van der Waals surface area contributed by atoms with Gasteiger partial charge in [-0.05, 0) is 15.9 Å². The second-order valence-corrected chi connectivity index (χ2v) is 4.53. The summed E-state index contributed by atoms with van der Waals surface area (Å²) < 4.78 is 1.60. The minimum Gasteiger partial charge on any atom is -0.394 e. The second-order valence-electron chi connectivity index (χ2n) is 3.73. The molecular weight excluding hydrogens is 316 g/mol. The maximum atomic E-state index is 11.8. The lowest BCUT2D eigenvalue weighted by Gasteiger charge is -2.09. The fourth-order valence-electron chi connectivity index (χ4n) is 1.51. The summed E-state index contributed by atoms with van der Waals surface area (Å²) in [6.45, 7) is 0.645. The molecule has 102 valence electrons. The molecule has 0 aliphatic rings. The lowest BCUT2D eigenvalue weighted by molar-refractivity contribution is 0.266. The largest absolute Gasteiger partial charge is 0.394 e. The minimum atomic E-state index is -0.279. The van der Waals surface area contributed by atoms with Crippen LogP contribution in [-0.2, 0) is 13.0 Å². The predicted molar refractivity (Wildman–Crippen MR) is 71.9 cm³/mol. The van der Waals surface area contributed by atoms with Gasteiger partial charge in [-0.15, -0.1) is 0 Å². The van der Waals surface area contributed by atoms with E-state index >= 15 is 0 Å². The van der Waals surface area contributed by atoms with Crippen LogP contribution < -0.4 is 10.9 Å². The zero-order valence-electron chi connectivity index (χ0n) is 10.0. The number of anilines is 1. The summed E-state index contributed by atoms with van der Waals surface area (Å²) in [5.74, 6) is 0.769. The van der Waals surface area contributed by atoms with Crippen molar-refractivity contribution in [3.8, 4) is 0 Å². The molecule has 0 amide bonds. The third-order valence-electron chi connectivity index (χ3n) is 2.44. The zero-order chi connectivity index (χ0) is 13.7. The number of aromatic nitrogens is 5. The third kappa shape index (κ3) is 3.38. The number of aromatic amines is 1. The van der Waals surface area contributed by atoms with E-state index in [0.717, 1.165) is 5.82 Å².